The van der Waals surface area contributed by atoms with Crippen LogP contribution in [0.5, 0.6) is 11.5 Å². The van der Waals surface area contributed by atoms with Gasteiger partial charge in [-0.25, -0.2) is 8.42 Å². The van der Waals surface area contributed by atoms with Gasteiger partial charge in [0, 0.05) is 5.56 Å². The Morgan fingerprint density at radius 2 is 1.59 bits per heavy atom. The number of rotatable bonds is 5. The van der Waals surface area contributed by atoms with Crippen LogP contribution in [0.15, 0.2) is 95.9 Å². The number of nitrogens with zero attached hydrogens (tertiary/aromatic N) is 1. The van der Waals surface area contributed by atoms with E-state index in [1.165, 1.54) is 28.6 Å². The monoisotopic (exact) mass is 471 g/mol. The lowest BCUT2D eigenvalue weighted by atomic mass is 9.87. The van der Waals surface area contributed by atoms with Crippen LogP contribution in [0.1, 0.15) is 24.9 Å². The molecule has 1 atom stereocenters. The molecule has 1 aliphatic rings. The van der Waals surface area contributed by atoms with Crippen molar-refractivity contribution in [2.75, 3.05) is 11.4 Å². The van der Waals surface area contributed by atoms with Crippen molar-refractivity contribution in [2.45, 2.75) is 24.3 Å². The van der Waals surface area contributed by atoms with Gasteiger partial charge in [-0.15, -0.1) is 0 Å². The molecule has 172 valence electrons. The third-order valence-electron chi connectivity index (χ3n) is 6.31. The van der Waals surface area contributed by atoms with E-state index in [0.717, 1.165) is 33.6 Å². The van der Waals surface area contributed by atoms with Crippen molar-refractivity contribution in [1.29, 1.82) is 0 Å². The first-order valence-electron chi connectivity index (χ1n) is 11.1. The minimum atomic E-state index is -3.88. The van der Waals surface area contributed by atoms with Crippen LogP contribution in [0.3, 0.4) is 0 Å². The summed E-state index contributed by atoms with van der Waals surface area (Å²) in [6, 6.07) is 27.1. The molecule has 5 rings (SSSR count). The topological polar surface area (TPSA) is 66.8 Å². The van der Waals surface area contributed by atoms with Crippen LogP contribution >= 0.6 is 0 Å². The Labute approximate surface area is 199 Å². The number of anilines is 1. The first kappa shape index (κ1) is 22.0. The standard InChI is InChI=1S/C28H25NO4S/c1-3-27-25-10-5-4-9-24(25)26-18-20(19-7-6-8-22(17-19)33-2)11-16-28(26)29(27)34(31,32)23-14-12-21(30)13-15-23/h4-18,27,30H,3H2,1-2H3. The fraction of sp³-hybridized carbons (Fsp3) is 0.143. The van der Waals surface area contributed by atoms with Crippen molar-refractivity contribution in [2.24, 2.45) is 0 Å². The van der Waals surface area contributed by atoms with E-state index in [-0.39, 0.29) is 16.7 Å². The van der Waals surface area contributed by atoms with Gasteiger partial charge >= 0.3 is 0 Å². The number of phenolic OH excluding ortho intramolecular Hbond substituents is 1. The number of ether oxygens (including phenoxy) is 1. The fourth-order valence-electron chi connectivity index (χ4n) is 4.67. The summed E-state index contributed by atoms with van der Waals surface area (Å²) in [6.07, 6.45) is 0.616. The number of benzene rings is 4. The fourth-order valence-corrected chi connectivity index (χ4v) is 6.39. The molecule has 1 unspecified atom stereocenters. The maximum absolute atomic E-state index is 13.9. The normalized spacial score (nSPS) is 14.9. The third kappa shape index (κ3) is 3.60. The molecule has 34 heavy (non-hydrogen) atoms. The zero-order valence-corrected chi connectivity index (χ0v) is 19.8. The molecule has 0 saturated heterocycles. The molecule has 0 radical (unpaired) electrons. The van der Waals surface area contributed by atoms with Crippen molar-refractivity contribution in [3.8, 4) is 33.8 Å². The molecule has 0 amide bonds. The predicted octanol–water partition coefficient (Wildman–Crippen LogP) is 6.39. The summed E-state index contributed by atoms with van der Waals surface area (Å²) in [7, 11) is -2.24. The van der Waals surface area contributed by atoms with Crippen LogP contribution in [-0.4, -0.2) is 20.6 Å². The van der Waals surface area contributed by atoms with E-state index >= 15 is 0 Å². The van der Waals surface area contributed by atoms with E-state index in [1.54, 1.807) is 7.11 Å². The van der Waals surface area contributed by atoms with Crippen molar-refractivity contribution in [3.63, 3.8) is 0 Å². The number of sulfonamides is 1. The van der Waals surface area contributed by atoms with Gasteiger partial charge < -0.3 is 9.84 Å². The molecule has 1 N–H and O–H groups in total. The minimum absolute atomic E-state index is 0.0262. The zero-order chi connectivity index (χ0) is 23.9. The van der Waals surface area contributed by atoms with Gasteiger partial charge in [0.15, 0.2) is 0 Å². The van der Waals surface area contributed by atoms with E-state index in [9.17, 15) is 13.5 Å². The second kappa shape index (κ2) is 8.54. The first-order chi connectivity index (χ1) is 16.4. The number of methoxy groups -OCH3 is 1. The lowest BCUT2D eigenvalue weighted by Crippen LogP contribution is -2.37. The number of aromatic hydroxyl groups is 1. The summed E-state index contributed by atoms with van der Waals surface area (Å²) < 4.78 is 34.7. The molecule has 1 heterocycles. The van der Waals surface area contributed by atoms with Gasteiger partial charge in [-0.3, -0.25) is 4.31 Å². The molecule has 4 aromatic carbocycles. The molecule has 0 aliphatic carbocycles. The van der Waals surface area contributed by atoms with Crippen LogP contribution in [0.4, 0.5) is 5.69 Å². The molecule has 5 nitrogen and oxygen atoms in total. The predicted molar refractivity (Wildman–Crippen MR) is 135 cm³/mol. The van der Waals surface area contributed by atoms with Crippen LogP contribution in [0.25, 0.3) is 22.3 Å². The Bertz CT molecular complexity index is 1460. The average Bonchev–Trinajstić information content (AvgIpc) is 2.87. The van der Waals surface area contributed by atoms with Gasteiger partial charge in [0.25, 0.3) is 10.0 Å². The summed E-state index contributed by atoms with van der Waals surface area (Å²) >= 11 is 0. The molecule has 1 aliphatic heterocycles. The van der Waals surface area contributed by atoms with Gasteiger partial charge in [0.05, 0.1) is 23.7 Å². The largest absolute Gasteiger partial charge is 0.508 e. The van der Waals surface area contributed by atoms with E-state index in [2.05, 4.69) is 6.07 Å². The highest BCUT2D eigenvalue weighted by Crippen LogP contribution is 2.49. The van der Waals surface area contributed by atoms with E-state index in [0.29, 0.717) is 12.1 Å². The minimum Gasteiger partial charge on any atom is -0.508 e. The molecular weight excluding hydrogens is 446 g/mol. The Morgan fingerprint density at radius 3 is 2.32 bits per heavy atom. The number of hydrogen-bond donors (Lipinski definition) is 1. The molecule has 6 heteroatoms. The maximum atomic E-state index is 13.9. The third-order valence-corrected chi connectivity index (χ3v) is 8.15. The molecule has 0 fully saturated rings. The summed E-state index contributed by atoms with van der Waals surface area (Å²) in [6.45, 7) is 2.00. The van der Waals surface area contributed by atoms with Crippen LogP contribution in [0.2, 0.25) is 0 Å². The Morgan fingerprint density at radius 1 is 0.853 bits per heavy atom. The van der Waals surface area contributed by atoms with E-state index < -0.39 is 10.0 Å². The average molecular weight is 472 g/mol. The van der Waals surface area contributed by atoms with Gasteiger partial charge in [-0.05, 0) is 77.2 Å². The quantitative estimate of drug-likeness (QED) is 0.366. The molecule has 4 aromatic rings. The van der Waals surface area contributed by atoms with Crippen LogP contribution in [0, 0.1) is 0 Å². The van der Waals surface area contributed by atoms with Crippen LogP contribution < -0.4 is 9.04 Å². The molecule has 0 bridgehead atoms. The molecule has 0 spiro atoms. The van der Waals surface area contributed by atoms with Crippen molar-refractivity contribution < 1.29 is 18.3 Å². The highest BCUT2D eigenvalue weighted by atomic mass is 32.2. The van der Waals surface area contributed by atoms with Gasteiger partial charge in [-0.1, -0.05) is 49.4 Å². The number of phenols is 1. The summed E-state index contributed by atoms with van der Waals surface area (Å²) in [5.74, 6) is 0.788. The van der Waals surface area contributed by atoms with E-state index in [1.807, 2.05) is 67.6 Å². The first-order valence-corrected chi connectivity index (χ1v) is 12.6. The summed E-state index contributed by atoms with van der Waals surface area (Å²) in [4.78, 5) is 0.144. The second-order valence-corrected chi connectivity index (χ2v) is 10.1. The van der Waals surface area contributed by atoms with Gasteiger partial charge in [-0.2, -0.15) is 0 Å². The second-order valence-electron chi connectivity index (χ2n) is 8.27. The van der Waals surface area contributed by atoms with Crippen molar-refractivity contribution in [1.82, 2.24) is 0 Å². The summed E-state index contributed by atoms with van der Waals surface area (Å²) in [5.41, 5.74) is 5.48. The SMILES string of the molecule is CCC1c2ccccc2-c2cc(-c3cccc(OC)c3)ccc2N1S(=O)(=O)c1ccc(O)cc1. The van der Waals surface area contributed by atoms with Crippen LogP contribution in [-0.2, 0) is 10.0 Å². The molecule has 0 aromatic heterocycles. The lowest BCUT2D eigenvalue weighted by molar-refractivity contribution is 0.415. The Balaban J connectivity index is 1.73. The molecule has 0 saturated carbocycles. The Kier molecular flexibility index (Phi) is 5.54. The van der Waals surface area contributed by atoms with Gasteiger partial charge in [0.1, 0.15) is 11.5 Å². The lowest BCUT2D eigenvalue weighted by Gasteiger charge is -2.39. The van der Waals surface area contributed by atoms with Crippen molar-refractivity contribution >= 4 is 15.7 Å². The maximum Gasteiger partial charge on any atom is 0.264 e. The highest BCUT2D eigenvalue weighted by Gasteiger charge is 2.38. The van der Waals surface area contributed by atoms with E-state index in [4.69, 9.17) is 4.74 Å². The number of fused-ring (bicyclic) bond motifs is 3. The highest BCUT2D eigenvalue weighted by molar-refractivity contribution is 7.92. The Hall–Kier alpha value is -3.77. The smallest absolute Gasteiger partial charge is 0.264 e. The van der Waals surface area contributed by atoms with Gasteiger partial charge in [0.2, 0.25) is 0 Å². The molecular formula is C28H25NO4S. The van der Waals surface area contributed by atoms with Crippen molar-refractivity contribution in [3.05, 3.63) is 96.6 Å². The zero-order valence-electron chi connectivity index (χ0n) is 19.0. The summed E-state index contributed by atoms with van der Waals surface area (Å²) in [5, 5.41) is 9.68. The number of hydrogen-bond acceptors (Lipinski definition) is 4.